The van der Waals surface area contributed by atoms with Crippen LogP contribution in [0.1, 0.15) is 33.3 Å². The summed E-state index contributed by atoms with van der Waals surface area (Å²) in [6.07, 6.45) is 0. The third-order valence-corrected chi connectivity index (χ3v) is 5.51. The second-order valence-electron chi connectivity index (χ2n) is 6.96. The number of fused-ring (bicyclic) bond motifs is 1. The minimum Gasteiger partial charge on any atom is -0.389 e. The molecular weight excluding hydrogens is 278 g/mol. The van der Waals surface area contributed by atoms with Crippen molar-refractivity contribution in [1.29, 1.82) is 0 Å². The Morgan fingerprint density at radius 3 is 2.38 bits per heavy atom. The van der Waals surface area contributed by atoms with E-state index in [9.17, 15) is 0 Å². The number of benzene rings is 1. The molecule has 3 rings (SSSR count). The van der Waals surface area contributed by atoms with E-state index in [1.807, 2.05) is 30.3 Å². The van der Waals surface area contributed by atoms with Gasteiger partial charge in [0.15, 0.2) is 0 Å². The summed E-state index contributed by atoms with van der Waals surface area (Å²) in [6.45, 7) is 9.11. The lowest BCUT2D eigenvalue weighted by molar-refractivity contribution is 0.457. The Kier molecular flexibility index (Phi) is 2.99. The molecule has 110 valence electrons. The highest BCUT2D eigenvalue weighted by molar-refractivity contribution is 7.80. The smallest absolute Gasteiger partial charge is 0.127 e. The Labute approximate surface area is 130 Å². The predicted octanol–water partition coefficient (Wildman–Crippen LogP) is 3.72. The van der Waals surface area contributed by atoms with Crippen LogP contribution in [0.25, 0.3) is 10.9 Å². The highest BCUT2D eigenvalue weighted by atomic mass is 32.1. The van der Waals surface area contributed by atoms with Crippen molar-refractivity contribution in [3.05, 3.63) is 35.9 Å². The number of aromatic nitrogens is 1. The van der Waals surface area contributed by atoms with Gasteiger partial charge in [-0.15, -0.1) is 0 Å². The summed E-state index contributed by atoms with van der Waals surface area (Å²) >= 11 is 5.19. The molecule has 1 heterocycles. The summed E-state index contributed by atoms with van der Waals surface area (Å²) in [5, 5.41) is 4.56. The summed E-state index contributed by atoms with van der Waals surface area (Å²) in [6, 6.07) is 10.3. The molecule has 1 saturated carbocycles. The van der Waals surface area contributed by atoms with Gasteiger partial charge in [0.2, 0.25) is 0 Å². The van der Waals surface area contributed by atoms with Crippen LogP contribution in [0.2, 0.25) is 0 Å². The first-order valence-electron chi connectivity index (χ1n) is 7.21. The number of anilines is 1. The van der Waals surface area contributed by atoms with Crippen LogP contribution in [0.5, 0.6) is 0 Å². The van der Waals surface area contributed by atoms with Crippen molar-refractivity contribution in [3.63, 3.8) is 0 Å². The van der Waals surface area contributed by atoms with Crippen LogP contribution in [-0.2, 0) is 0 Å². The summed E-state index contributed by atoms with van der Waals surface area (Å²) in [7, 11) is 0. The van der Waals surface area contributed by atoms with Crippen molar-refractivity contribution in [3.8, 4) is 0 Å². The molecule has 0 bridgehead atoms. The van der Waals surface area contributed by atoms with Gasteiger partial charge in [0, 0.05) is 17.0 Å². The van der Waals surface area contributed by atoms with E-state index in [-0.39, 0.29) is 10.8 Å². The fraction of sp³-hybridized carbons (Fsp3) is 0.412. The Morgan fingerprint density at radius 1 is 1.19 bits per heavy atom. The second-order valence-corrected chi connectivity index (χ2v) is 7.40. The molecule has 1 aliphatic carbocycles. The molecule has 0 radical (unpaired) electrons. The van der Waals surface area contributed by atoms with Crippen molar-refractivity contribution in [2.45, 2.75) is 33.7 Å². The lowest BCUT2D eigenvalue weighted by atomic mass is 10.0. The van der Waals surface area contributed by atoms with Crippen LogP contribution in [0, 0.1) is 10.8 Å². The van der Waals surface area contributed by atoms with E-state index >= 15 is 0 Å². The van der Waals surface area contributed by atoms with E-state index < -0.39 is 0 Å². The van der Waals surface area contributed by atoms with Gasteiger partial charge in [0.05, 0.1) is 5.52 Å². The largest absolute Gasteiger partial charge is 0.389 e. The maximum absolute atomic E-state index is 5.88. The van der Waals surface area contributed by atoms with Gasteiger partial charge in [-0.05, 0) is 23.0 Å². The molecule has 3 N–H and O–H groups in total. The maximum atomic E-state index is 5.88. The number of hydrogen-bond acceptors (Lipinski definition) is 3. The Hall–Kier alpha value is -1.68. The van der Waals surface area contributed by atoms with Crippen molar-refractivity contribution in [1.82, 2.24) is 4.98 Å². The fourth-order valence-electron chi connectivity index (χ4n) is 3.16. The fourth-order valence-corrected chi connectivity index (χ4v) is 3.33. The molecule has 21 heavy (non-hydrogen) atoms. The molecule has 4 heteroatoms. The van der Waals surface area contributed by atoms with E-state index in [2.05, 4.69) is 33.0 Å². The average molecular weight is 299 g/mol. The molecule has 0 atom stereocenters. The molecule has 2 aromatic rings. The maximum Gasteiger partial charge on any atom is 0.127 e. The number of para-hydroxylation sites is 1. The molecule has 0 spiro atoms. The molecule has 0 unspecified atom stereocenters. The van der Waals surface area contributed by atoms with Gasteiger partial charge in [0.25, 0.3) is 0 Å². The zero-order valence-corrected chi connectivity index (χ0v) is 13.7. The normalized spacial score (nSPS) is 19.4. The molecule has 3 nitrogen and oxygen atoms in total. The zero-order chi connectivity index (χ0) is 15.4. The van der Waals surface area contributed by atoms with Gasteiger partial charge in [-0.25, -0.2) is 4.98 Å². The Bertz CT molecular complexity index is 720. The highest BCUT2D eigenvalue weighted by Gasteiger charge is 2.65. The molecule has 1 fully saturated rings. The van der Waals surface area contributed by atoms with Crippen LogP contribution in [0.4, 0.5) is 5.82 Å². The third kappa shape index (κ3) is 2.09. The number of nitrogens with two attached hydrogens (primary N) is 1. The lowest BCUT2D eigenvalue weighted by Crippen LogP contribution is -2.14. The quantitative estimate of drug-likeness (QED) is 0.848. The summed E-state index contributed by atoms with van der Waals surface area (Å²) in [5.41, 5.74) is 8.19. The van der Waals surface area contributed by atoms with Gasteiger partial charge in [-0.2, -0.15) is 0 Å². The number of nitrogens with zero attached hydrogens (tertiary/aromatic N) is 1. The van der Waals surface area contributed by atoms with E-state index in [1.165, 1.54) is 0 Å². The first kappa shape index (κ1) is 14.3. The Balaban J connectivity index is 2.03. The van der Waals surface area contributed by atoms with E-state index in [0.29, 0.717) is 11.0 Å². The molecule has 0 aliphatic heterocycles. The van der Waals surface area contributed by atoms with Gasteiger partial charge >= 0.3 is 0 Å². The topological polar surface area (TPSA) is 50.9 Å². The number of rotatable bonds is 3. The van der Waals surface area contributed by atoms with Gasteiger partial charge < -0.3 is 11.1 Å². The van der Waals surface area contributed by atoms with Crippen LogP contribution in [0.3, 0.4) is 0 Å². The average Bonchev–Trinajstić information content (AvgIpc) is 2.80. The molecular formula is C17H21N3S. The molecule has 0 saturated heterocycles. The second kappa shape index (κ2) is 4.41. The number of pyridine rings is 1. The van der Waals surface area contributed by atoms with E-state index in [1.54, 1.807) is 0 Å². The first-order chi connectivity index (χ1) is 9.75. The molecule has 1 aliphatic rings. The van der Waals surface area contributed by atoms with Crippen molar-refractivity contribution < 1.29 is 0 Å². The first-order valence-corrected chi connectivity index (χ1v) is 7.62. The van der Waals surface area contributed by atoms with Gasteiger partial charge in [0.1, 0.15) is 10.8 Å². The van der Waals surface area contributed by atoms with Crippen LogP contribution < -0.4 is 11.1 Å². The van der Waals surface area contributed by atoms with Crippen LogP contribution in [0.15, 0.2) is 30.3 Å². The SMILES string of the molecule is CC1(C)C(Nc2cc(C(N)=S)c3ccccc3n2)C1(C)C. The van der Waals surface area contributed by atoms with E-state index in [4.69, 9.17) is 22.9 Å². The minimum atomic E-state index is 0.254. The number of nitrogens with one attached hydrogen (secondary N) is 1. The lowest BCUT2D eigenvalue weighted by Gasteiger charge is -2.11. The van der Waals surface area contributed by atoms with Crippen molar-refractivity contribution >= 4 is 33.9 Å². The minimum absolute atomic E-state index is 0.254. The third-order valence-electron chi connectivity index (χ3n) is 5.29. The monoisotopic (exact) mass is 299 g/mol. The standard InChI is InChI=1S/C17H21N3S/c1-16(2)15(17(16,3)4)20-13-9-11(14(18)21)10-7-5-6-8-12(10)19-13/h5-9,15H,1-4H3,(H2,18,21)(H,19,20). The van der Waals surface area contributed by atoms with Gasteiger partial charge in [-0.1, -0.05) is 58.1 Å². The summed E-state index contributed by atoms with van der Waals surface area (Å²) in [4.78, 5) is 5.11. The summed E-state index contributed by atoms with van der Waals surface area (Å²) < 4.78 is 0. The number of thiocarbonyl (C=S) groups is 1. The molecule has 0 amide bonds. The highest BCUT2D eigenvalue weighted by Crippen LogP contribution is 2.63. The Morgan fingerprint density at radius 2 is 1.81 bits per heavy atom. The van der Waals surface area contributed by atoms with Gasteiger partial charge in [-0.3, -0.25) is 0 Å². The zero-order valence-electron chi connectivity index (χ0n) is 12.9. The van der Waals surface area contributed by atoms with E-state index in [0.717, 1.165) is 22.3 Å². The number of hydrogen-bond donors (Lipinski definition) is 2. The predicted molar refractivity (Wildman–Crippen MR) is 92.6 cm³/mol. The van der Waals surface area contributed by atoms with Crippen molar-refractivity contribution in [2.75, 3.05) is 5.32 Å². The molecule has 1 aromatic carbocycles. The summed E-state index contributed by atoms with van der Waals surface area (Å²) in [5.74, 6) is 0.847. The molecule has 1 aromatic heterocycles. The van der Waals surface area contributed by atoms with Crippen molar-refractivity contribution in [2.24, 2.45) is 16.6 Å². The van der Waals surface area contributed by atoms with Crippen LogP contribution in [-0.4, -0.2) is 16.0 Å². The van der Waals surface area contributed by atoms with Crippen LogP contribution >= 0.6 is 12.2 Å².